The van der Waals surface area contributed by atoms with Crippen LogP contribution in [0.15, 0.2) is 24.5 Å². The van der Waals surface area contributed by atoms with Gasteiger partial charge in [-0.1, -0.05) is 0 Å². The molecule has 7 nitrogen and oxygen atoms in total. The van der Waals surface area contributed by atoms with Gasteiger partial charge in [-0.15, -0.1) is 0 Å². The lowest BCUT2D eigenvalue weighted by molar-refractivity contribution is 0.151. The number of hydrogen-bond donors (Lipinski definition) is 1. The second-order valence-electron chi connectivity index (χ2n) is 5.59. The molecule has 1 N–H and O–H groups in total. The van der Waals surface area contributed by atoms with Crippen molar-refractivity contribution in [1.29, 1.82) is 0 Å². The van der Waals surface area contributed by atoms with E-state index in [4.69, 9.17) is 0 Å². The molecule has 1 atom stereocenters. The number of aromatic amines is 1. The molecule has 0 aromatic carbocycles. The molecule has 0 saturated carbocycles. The summed E-state index contributed by atoms with van der Waals surface area (Å²) in [5, 5.41) is 7.31. The first-order chi connectivity index (χ1) is 11.2. The van der Waals surface area contributed by atoms with Crippen molar-refractivity contribution in [2.45, 2.75) is 32.7 Å². The minimum Gasteiger partial charge on any atom is -0.325 e. The Kier molecular flexibility index (Phi) is 4.55. The lowest BCUT2D eigenvalue weighted by Crippen LogP contribution is -2.42. The van der Waals surface area contributed by atoms with Crippen molar-refractivity contribution in [1.82, 2.24) is 30.0 Å². The van der Waals surface area contributed by atoms with Crippen molar-refractivity contribution in [3.05, 3.63) is 30.4 Å². The highest BCUT2D eigenvalue weighted by molar-refractivity contribution is 5.75. The molecule has 7 heteroatoms. The van der Waals surface area contributed by atoms with E-state index in [-0.39, 0.29) is 12.1 Å². The third-order valence-corrected chi connectivity index (χ3v) is 4.29. The molecule has 3 heterocycles. The third kappa shape index (κ3) is 3.04. The Morgan fingerprint density at radius 2 is 2.09 bits per heavy atom. The molecule has 0 aliphatic carbocycles. The molecule has 1 aliphatic rings. The molecule has 0 radical (unpaired) electrons. The Balaban J connectivity index is 1.81. The summed E-state index contributed by atoms with van der Waals surface area (Å²) < 4.78 is 0. The average Bonchev–Trinajstić information content (AvgIpc) is 3.25. The fraction of sp³-hybridized carbons (Fsp3) is 0.500. The maximum Gasteiger partial charge on any atom is 0.320 e. The number of aromatic nitrogens is 4. The predicted molar refractivity (Wildman–Crippen MR) is 86.6 cm³/mol. The number of rotatable bonds is 4. The summed E-state index contributed by atoms with van der Waals surface area (Å²) in [4.78, 5) is 25.0. The molecule has 23 heavy (non-hydrogen) atoms. The number of carbonyl (C=O) groups is 1. The number of amides is 2. The summed E-state index contributed by atoms with van der Waals surface area (Å²) in [5.41, 5.74) is 0.919. The van der Waals surface area contributed by atoms with Crippen LogP contribution in [-0.2, 0) is 0 Å². The first kappa shape index (κ1) is 15.5. The summed E-state index contributed by atoms with van der Waals surface area (Å²) >= 11 is 0. The van der Waals surface area contributed by atoms with Crippen LogP contribution in [0.3, 0.4) is 0 Å². The molecule has 122 valence electrons. The zero-order valence-electron chi connectivity index (χ0n) is 13.6. The SMILES string of the molecule is CCN(CC)C(=O)N1CCCC1c1nc(-c2ccncc2)n[nH]1. The quantitative estimate of drug-likeness (QED) is 0.940. The molecule has 1 saturated heterocycles. The summed E-state index contributed by atoms with van der Waals surface area (Å²) in [6.07, 6.45) is 5.34. The number of pyridine rings is 1. The number of carbonyl (C=O) groups excluding carboxylic acids is 1. The molecule has 2 aromatic rings. The summed E-state index contributed by atoms with van der Waals surface area (Å²) in [5.74, 6) is 1.40. The van der Waals surface area contributed by atoms with E-state index in [1.807, 2.05) is 35.8 Å². The van der Waals surface area contributed by atoms with Crippen LogP contribution in [0, 0.1) is 0 Å². The van der Waals surface area contributed by atoms with Gasteiger partial charge < -0.3 is 9.80 Å². The van der Waals surface area contributed by atoms with Gasteiger partial charge in [0, 0.05) is 37.6 Å². The highest BCUT2D eigenvalue weighted by Crippen LogP contribution is 2.31. The van der Waals surface area contributed by atoms with Gasteiger partial charge in [-0.25, -0.2) is 9.78 Å². The van der Waals surface area contributed by atoms with Crippen LogP contribution in [0.2, 0.25) is 0 Å². The van der Waals surface area contributed by atoms with Crippen LogP contribution >= 0.6 is 0 Å². The highest BCUT2D eigenvalue weighted by atomic mass is 16.2. The smallest absolute Gasteiger partial charge is 0.320 e. The van der Waals surface area contributed by atoms with E-state index in [0.29, 0.717) is 5.82 Å². The minimum atomic E-state index is -0.0220. The molecule has 2 amide bonds. The van der Waals surface area contributed by atoms with Crippen LogP contribution < -0.4 is 0 Å². The molecular formula is C16H22N6O. The number of H-pyrrole nitrogens is 1. The van der Waals surface area contributed by atoms with Gasteiger partial charge in [-0.2, -0.15) is 5.10 Å². The fourth-order valence-corrected chi connectivity index (χ4v) is 3.01. The van der Waals surface area contributed by atoms with Crippen LogP contribution in [0.25, 0.3) is 11.4 Å². The molecule has 3 rings (SSSR count). The van der Waals surface area contributed by atoms with Gasteiger partial charge in [0.2, 0.25) is 0 Å². The molecule has 0 spiro atoms. The van der Waals surface area contributed by atoms with E-state index in [1.165, 1.54) is 0 Å². The monoisotopic (exact) mass is 314 g/mol. The second-order valence-corrected chi connectivity index (χ2v) is 5.59. The summed E-state index contributed by atoms with van der Waals surface area (Å²) in [7, 11) is 0. The molecule has 1 unspecified atom stereocenters. The Hall–Kier alpha value is -2.44. The standard InChI is InChI=1S/C16H22N6O/c1-3-21(4-2)16(23)22-11-5-6-13(22)15-18-14(19-20-15)12-7-9-17-10-8-12/h7-10,13H,3-6,11H2,1-2H3,(H,18,19,20). The fourth-order valence-electron chi connectivity index (χ4n) is 3.01. The number of nitrogens with zero attached hydrogens (tertiary/aromatic N) is 5. The maximum absolute atomic E-state index is 12.6. The lowest BCUT2D eigenvalue weighted by atomic mass is 10.2. The molecule has 1 aliphatic heterocycles. The normalized spacial score (nSPS) is 17.5. The molecule has 2 aromatic heterocycles. The molecule has 1 fully saturated rings. The second kappa shape index (κ2) is 6.76. The number of likely N-dealkylation sites (tertiary alicyclic amines) is 1. The van der Waals surface area contributed by atoms with Crippen molar-refractivity contribution < 1.29 is 4.79 Å². The summed E-state index contributed by atoms with van der Waals surface area (Å²) in [6.45, 7) is 6.21. The van der Waals surface area contributed by atoms with E-state index in [9.17, 15) is 4.79 Å². The molecule has 0 bridgehead atoms. The van der Waals surface area contributed by atoms with Crippen LogP contribution in [0.4, 0.5) is 4.79 Å². The van der Waals surface area contributed by atoms with Gasteiger partial charge in [-0.3, -0.25) is 10.1 Å². The Bertz CT molecular complexity index is 652. The average molecular weight is 314 g/mol. The zero-order valence-corrected chi connectivity index (χ0v) is 13.6. The number of hydrogen-bond acceptors (Lipinski definition) is 4. The van der Waals surface area contributed by atoms with E-state index in [0.717, 1.165) is 43.9 Å². The van der Waals surface area contributed by atoms with Gasteiger partial charge in [0.05, 0.1) is 6.04 Å². The predicted octanol–water partition coefficient (Wildman–Crippen LogP) is 2.47. The van der Waals surface area contributed by atoms with Crippen molar-refractivity contribution in [2.75, 3.05) is 19.6 Å². The Morgan fingerprint density at radius 1 is 1.35 bits per heavy atom. The topological polar surface area (TPSA) is 78.0 Å². The van der Waals surface area contributed by atoms with Crippen molar-refractivity contribution in [2.24, 2.45) is 0 Å². The van der Waals surface area contributed by atoms with Crippen molar-refractivity contribution in [3.63, 3.8) is 0 Å². The van der Waals surface area contributed by atoms with Gasteiger partial charge in [0.25, 0.3) is 0 Å². The maximum atomic E-state index is 12.6. The Morgan fingerprint density at radius 3 is 2.78 bits per heavy atom. The van der Waals surface area contributed by atoms with Crippen molar-refractivity contribution in [3.8, 4) is 11.4 Å². The summed E-state index contributed by atoms with van der Waals surface area (Å²) in [6, 6.07) is 3.81. The largest absolute Gasteiger partial charge is 0.325 e. The number of urea groups is 1. The Labute approximate surface area is 135 Å². The van der Waals surface area contributed by atoms with E-state index in [1.54, 1.807) is 12.4 Å². The van der Waals surface area contributed by atoms with Crippen LogP contribution in [0.5, 0.6) is 0 Å². The molecular weight excluding hydrogens is 292 g/mol. The van der Waals surface area contributed by atoms with Gasteiger partial charge in [0.1, 0.15) is 5.82 Å². The number of nitrogens with one attached hydrogen (secondary N) is 1. The zero-order chi connectivity index (χ0) is 16.2. The van der Waals surface area contributed by atoms with Crippen molar-refractivity contribution >= 4 is 6.03 Å². The van der Waals surface area contributed by atoms with Gasteiger partial charge in [-0.05, 0) is 38.8 Å². The first-order valence-corrected chi connectivity index (χ1v) is 8.12. The van der Waals surface area contributed by atoms with Crippen LogP contribution in [-0.4, -0.2) is 55.6 Å². The van der Waals surface area contributed by atoms with E-state index < -0.39 is 0 Å². The first-order valence-electron chi connectivity index (χ1n) is 8.12. The highest BCUT2D eigenvalue weighted by Gasteiger charge is 2.34. The van der Waals surface area contributed by atoms with E-state index in [2.05, 4.69) is 20.2 Å². The van der Waals surface area contributed by atoms with E-state index >= 15 is 0 Å². The van der Waals surface area contributed by atoms with Gasteiger partial charge in [0.15, 0.2) is 5.82 Å². The lowest BCUT2D eigenvalue weighted by Gasteiger charge is -2.29. The minimum absolute atomic E-state index is 0.0220. The van der Waals surface area contributed by atoms with Crippen LogP contribution in [0.1, 0.15) is 38.6 Å². The third-order valence-electron chi connectivity index (χ3n) is 4.29. The van der Waals surface area contributed by atoms with Gasteiger partial charge >= 0.3 is 6.03 Å².